The molecule has 1 amide bonds. The number of amides is 1. The topological polar surface area (TPSA) is 70.4 Å². The van der Waals surface area contributed by atoms with Gasteiger partial charge in [0.25, 0.3) is 5.91 Å². The van der Waals surface area contributed by atoms with Crippen molar-refractivity contribution >= 4 is 5.91 Å². The van der Waals surface area contributed by atoms with Crippen LogP contribution in [0.2, 0.25) is 0 Å². The quantitative estimate of drug-likeness (QED) is 0.271. The van der Waals surface area contributed by atoms with Crippen molar-refractivity contribution in [3.8, 4) is 23.0 Å². The van der Waals surface area contributed by atoms with Crippen LogP contribution in [0.15, 0.2) is 89.5 Å². The molecular formula is C30H29NO6. The van der Waals surface area contributed by atoms with Gasteiger partial charge in [0.05, 0.1) is 20.5 Å². The minimum absolute atomic E-state index is 0.0478. The fourth-order valence-corrected chi connectivity index (χ4v) is 4.63. The monoisotopic (exact) mass is 499 g/mol. The van der Waals surface area contributed by atoms with Crippen molar-refractivity contribution in [1.82, 2.24) is 4.90 Å². The number of furan rings is 1. The lowest BCUT2D eigenvalue weighted by molar-refractivity contribution is 0.0707. The third-order valence-electron chi connectivity index (χ3n) is 6.55. The predicted molar refractivity (Wildman–Crippen MR) is 138 cm³/mol. The van der Waals surface area contributed by atoms with E-state index in [2.05, 4.69) is 6.07 Å². The molecule has 7 heteroatoms. The number of carbonyl (C=O) groups is 1. The molecular weight excluding hydrogens is 470 g/mol. The molecule has 1 aliphatic heterocycles. The van der Waals surface area contributed by atoms with Crippen molar-refractivity contribution in [2.75, 3.05) is 27.6 Å². The Morgan fingerprint density at radius 1 is 0.919 bits per heavy atom. The Labute approximate surface area is 216 Å². The fourth-order valence-electron chi connectivity index (χ4n) is 4.63. The second-order valence-corrected chi connectivity index (χ2v) is 8.75. The highest BCUT2D eigenvalue weighted by Crippen LogP contribution is 2.40. The van der Waals surface area contributed by atoms with E-state index in [1.165, 1.54) is 6.26 Å². The number of para-hydroxylation sites is 1. The van der Waals surface area contributed by atoms with Gasteiger partial charge in [-0.25, -0.2) is 0 Å². The second-order valence-electron chi connectivity index (χ2n) is 8.75. The van der Waals surface area contributed by atoms with Crippen molar-refractivity contribution in [3.05, 3.63) is 108 Å². The Morgan fingerprint density at radius 3 is 2.49 bits per heavy atom. The highest BCUT2D eigenvalue weighted by atomic mass is 16.7. The summed E-state index contributed by atoms with van der Waals surface area (Å²) in [6.07, 6.45) is 2.17. The molecule has 0 fully saturated rings. The van der Waals surface area contributed by atoms with Crippen LogP contribution in [0.4, 0.5) is 0 Å². The molecule has 190 valence electrons. The van der Waals surface area contributed by atoms with E-state index < -0.39 is 0 Å². The fraction of sp³-hybridized carbons (Fsp3) is 0.233. The van der Waals surface area contributed by atoms with Crippen LogP contribution >= 0.6 is 0 Å². The number of benzene rings is 3. The molecule has 1 aromatic heterocycles. The van der Waals surface area contributed by atoms with Crippen LogP contribution in [0.3, 0.4) is 0 Å². The van der Waals surface area contributed by atoms with Crippen molar-refractivity contribution in [2.45, 2.75) is 18.9 Å². The molecule has 0 aliphatic carbocycles. The Balaban J connectivity index is 1.45. The number of methoxy groups -OCH3 is 2. The smallest absolute Gasteiger partial charge is 0.289 e. The summed E-state index contributed by atoms with van der Waals surface area (Å²) in [5, 5.41) is 0. The minimum Gasteiger partial charge on any atom is -0.497 e. The Kier molecular flexibility index (Phi) is 7.31. The van der Waals surface area contributed by atoms with Gasteiger partial charge in [-0.05, 0) is 60.0 Å². The number of carbonyl (C=O) groups excluding carboxylic acids is 1. The van der Waals surface area contributed by atoms with Crippen LogP contribution in [0.1, 0.15) is 39.6 Å². The zero-order valence-electron chi connectivity index (χ0n) is 20.9. The Morgan fingerprint density at radius 2 is 1.73 bits per heavy atom. The largest absolute Gasteiger partial charge is 0.497 e. The third kappa shape index (κ3) is 5.40. The van der Waals surface area contributed by atoms with E-state index in [4.69, 9.17) is 23.4 Å². The van der Waals surface area contributed by atoms with Crippen LogP contribution in [-0.2, 0) is 6.54 Å². The summed E-state index contributed by atoms with van der Waals surface area (Å²) in [6, 6.07) is 25.1. The zero-order valence-corrected chi connectivity index (χ0v) is 20.9. The first-order valence-corrected chi connectivity index (χ1v) is 12.1. The van der Waals surface area contributed by atoms with E-state index in [1.807, 2.05) is 65.6 Å². The van der Waals surface area contributed by atoms with Crippen LogP contribution in [0.25, 0.3) is 0 Å². The molecule has 0 saturated carbocycles. The maximum Gasteiger partial charge on any atom is 0.289 e. The summed E-state index contributed by atoms with van der Waals surface area (Å²) in [6.45, 7) is 1.14. The van der Waals surface area contributed by atoms with Crippen molar-refractivity contribution < 1.29 is 28.2 Å². The molecule has 0 bridgehead atoms. The summed E-state index contributed by atoms with van der Waals surface area (Å²) >= 11 is 0. The van der Waals surface area contributed by atoms with Gasteiger partial charge in [0, 0.05) is 24.6 Å². The van der Waals surface area contributed by atoms with Gasteiger partial charge >= 0.3 is 0 Å². The number of nitrogens with zero attached hydrogens (tertiary/aromatic N) is 1. The summed E-state index contributed by atoms with van der Waals surface area (Å²) < 4.78 is 27.6. The average Bonchev–Trinajstić information content (AvgIpc) is 3.65. The van der Waals surface area contributed by atoms with Crippen molar-refractivity contribution in [2.24, 2.45) is 0 Å². The molecule has 0 radical (unpaired) electrons. The molecule has 0 spiro atoms. The van der Waals surface area contributed by atoms with Gasteiger partial charge in [0.15, 0.2) is 17.3 Å². The van der Waals surface area contributed by atoms with Gasteiger partial charge in [-0.2, -0.15) is 0 Å². The van der Waals surface area contributed by atoms with Crippen LogP contribution < -0.4 is 18.9 Å². The van der Waals surface area contributed by atoms with Gasteiger partial charge < -0.3 is 28.3 Å². The summed E-state index contributed by atoms with van der Waals surface area (Å²) in [4.78, 5) is 15.3. The highest BCUT2D eigenvalue weighted by molar-refractivity contribution is 5.91. The standard InChI is InChI=1S/C30H29NO6/c1-33-23-12-9-21(10-13-23)19-31(30(32)28-8-5-17-35-28)16-15-24(25-6-3-4-7-26(25)34-2)22-11-14-27-29(18-22)37-20-36-27/h3-14,17-18,24H,15-16,19-20H2,1-2H3/t24-/m1/s1. The van der Waals surface area contributed by atoms with Crippen LogP contribution in [-0.4, -0.2) is 38.4 Å². The maximum absolute atomic E-state index is 13.4. The summed E-state index contributed by atoms with van der Waals surface area (Å²) in [7, 11) is 3.31. The van der Waals surface area contributed by atoms with E-state index in [-0.39, 0.29) is 18.6 Å². The lowest BCUT2D eigenvalue weighted by Crippen LogP contribution is -2.32. The number of hydrogen-bond acceptors (Lipinski definition) is 6. The zero-order chi connectivity index (χ0) is 25.6. The van der Waals surface area contributed by atoms with Crippen molar-refractivity contribution in [1.29, 1.82) is 0 Å². The molecule has 4 aromatic rings. The van der Waals surface area contributed by atoms with Gasteiger partial charge in [-0.1, -0.05) is 36.4 Å². The second kappa shape index (κ2) is 11.1. The van der Waals surface area contributed by atoms with Gasteiger partial charge in [-0.15, -0.1) is 0 Å². The van der Waals surface area contributed by atoms with Crippen LogP contribution in [0.5, 0.6) is 23.0 Å². The minimum atomic E-state index is -0.162. The molecule has 1 atom stereocenters. The third-order valence-corrected chi connectivity index (χ3v) is 6.55. The van der Waals surface area contributed by atoms with Gasteiger partial charge in [0.2, 0.25) is 6.79 Å². The van der Waals surface area contributed by atoms with E-state index in [9.17, 15) is 4.79 Å². The highest BCUT2D eigenvalue weighted by Gasteiger charge is 2.25. The first kappa shape index (κ1) is 24.3. The van der Waals surface area contributed by atoms with Gasteiger partial charge in [-0.3, -0.25) is 4.79 Å². The van der Waals surface area contributed by atoms with Crippen molar-refractivity contribution in [3.63, 3.8) is 0 Å². The number of hydrogen-bond donors (Lipinski definition) is 0. The first-order valence-electron chi connectivity index (χ1n) is 12.1. The van der Waals surface area contributed by atoms with E-state index in [0.29, 0.717) is 25.3 Å². The average molecular weight is 500 g/mol. The molecule has 0 unspecified atom stereocenters. The number of ether oxygens (including phenoxy) is 4. The SMILES string of the molecule is COc1ccc(CN(CC[C@H](c2ccc3c(c2)OCO3)c2ccccc2OC)C(=O)c2ccco2)cc1. The Hall–Kier alpha value is -4.39. The predicted octanol–water partition coefficient (Wildman–Crippen LogP) is 5.89. The summed E-state index contributed by atoms with van der Waals surface area (Å²) in [5.41, 5.74) is 3.10. The maximum atomic E-state index is 13.4. The van der Waals surface area contributed by atoms with E-state index in [1.54, 1.807) is 26.4 Å². The molecule has 7 nitrogen and oxygen atoms in total. The molecule has 37 heavy (non-hydrogen) atoms. The lowest BCUT2D eigenvalue weighted by atomic mass is 9.87. The normalized spacial score (nSPS) is 12.7. The van der Waals surface area contributed by atoms with E-state index in [0.717, 1.165) is 39.7 Å². The Bertz CT molecular complexity index is 1330. The molecule has 0 N–H and O–H groups in total. The molecule has 2 heterocycles. The molecule has 1 aliphatic rings. The van der Waals surface area contributed by atoms with Crippen LogP contribution in [0, 0.1) is 0 Å². The van der Waals surface area contributed by atoms with E-state index >= 15 is 0 Å². The molecule has 0 saturated heterocycles. The molecule has 5 rings (SSSR count). The van der Waals surface area contributed by atoms with Gasteiger partial charge in [0.1, 0.15) is 11.5 Å². The molecule has 3 aromatic carbocycles. The lowest BCUT2D eigenvalue weighted by Gasteiger charge is -2.26. The summed E-state index contributed by atoms with van der Waals surface area (Å²) in [5.74, 6) is 3.12. The first-order chi connectivity index (χ1) is 18.2. The number of fused-ring (bicyclic) bond motifs is 1. The number of rotatable bonds is 10.